The molecule has 104 valence electrons. The number of thiophene rings is 1. The van der Waals surface area contributed by atoms with Crippen molar-refractivity contribution in [3.8, 4) is 0 Å². The number of aryl methyl sites for hydroxylation is 1. The first-order valence-corrected chi connectivity index (χ1v) is 8.08. The van der Waals surface area contributed by atoms with E-state index in [2.05, 4.69) is 36.7 Å². The molecular weight excluding hydrogens is 242 g/mol. The maximum absolute atomic E-state index is 5.59. The van der Waals surface area contributed by atoms with Crippen LogP contribution in [-0.4, -0.2) is 25.8 Å². The lowest BCUT2D eigenvalue weighted by Gasteiger charge is -2.18. The molecule has 0 spiro atoms. The normalized spacial score (nSPS) is 12.8. The Bertz CT molecular complexity index is 274. The van der Waals surface area contributed by atoms with Gasteiger partial charge < -0.3 is 10.1 Å². The van der Waals surface area contributed by atoms with Crippen LogP contribution < -0.4 is 5.32 Å². The van der Waals surface area contributed by atoms with Crippen molar-refractivity contribution in [3.05, 3.63) is 22.4 Å². The van der Waals surface area contributed by atoms with E-state index < -0.39 is 0 Å². The Morgan fingerprint density at radius 3 is 2.78 bits per heavy atom. The van der Waals surface area contributed by atoms with Crippen molar-refractivity contribution in [1.29, 1.82) is 0 Å². The molecule has 0 aromatic carbocycles. The highest BCUT2D eigenvalue weighted by Gasteiger charge is 2.08. The number of ether oxygens (including phenoxy) is 1. The van der Waals surface area contributed by atoms with Crippen LogP contribution in [0.15, 0.2) is 17.5 Å². The van der Waals surface area contributed by atoms with Gasteiger partial charge in [-0.1, -0.05) is 19.9 Å². The molecule has 0 fully saturated rings. The van der Waals surface area contributed by atoms with E-state index in [1.165, 1.54) is 24.1 Å². The lowest BCUT2D eigenvalue weighted by Crippen LogP contribution is -2.31. The van der Waals surface area contributed by atoms with Crippen LogP contribution in [0.2, 0.25) is 0 Å². The van der Waals surface area contributed by atoms with Crippen LogP contribution in [0, 0.1) is 0 Å². The van der Waals surface area contributed by atoms with Crippen molar-refractivity contribution in [3.63, 3.8) is 0 Å². The molecule has 0 saturated heterocycles. The van der Waals surface area contributed by atoms with Crippen molar-refractivity contribution in [2.45, 2.75) is 52.0 Å². The fourth-order valence-electron chi connectivity index (χ4n) is 1.94. The third kappa shape index (κ3) is 7.14. The van der Waals surface area contributed by atoms with Gasteiger partial charge in [-0.15, -0.1) is 11.3 Å². The summed E-state index contributed by atoms with van der Waals surface area (Å²) in [5.41, 5.74) is 0. The quantitative estimate of drug-likeness (QED) is 0.616. The van der Waals surface area contributed by atoms with Gasteiger partial charge in [-0.05, 0) is 50.1 Å². The highest BCUT2D eigenvalue weighted by molar-refractivity contribution is 7.09. The van der Waals surface area contributed by atoms with E-state index in [1.807, 2.05) is 11.3 Å². The molecule has 0 amide bonds. The summed E-state index contributed by atoms with van der Waals surface area (Å²) >= 11 is 1.86. The molecule has 1 heterocycles. The zero-order valence-corrected chi connectivity index (χ0v) is 12.6. The second kappa shape index (κ2) is 10.5. The largest absolute Gasteiger partial charge is 0.381 e. The maximum atomic E-state index is 5.59. The minimum absolute atomic E-state index is 0.601. The van der Waals surface area contributed by atoms with Gasteiger partial charge in [0.05, 0.1) is 0 Å². The molecule has 1 aromatic heterocycles. The van der Waals surface area contributed by atoms with Crippen molar-refractivity contribution in [2.75, 3.05) is 19.8 Å². The summed E-state index contributed by atoms with van der Waals surface area (Å²) in [5.74, 6) is 0. The number of hydrogen-bond acceptors (Lipinski definition) is 3. The highest BCUT2D eigenvalue weighted by atomic mass is 32.1. The Morgan fingerprint density at radius 2 is 2.11 bits per heavy atom. The van der Waals surface area contributed by atoms with Gasteiger partial charge in [0.25, 0.3) is 0 Å². The Morgan fingerprint density at radius 1 is 1.22 bits per heavy atom. The van der Waals surface area contributed by atoms with Crippen LogP contribution in [0.25, 0.3) is 0 Å². The summed E-state index contributed by atoms with van der Waals surface area (Å²) in [7, 11) is 0. The molecule has 0 aliphatic heterocycles. The van der Waals surface area contributed by atoms with E-state index in [4.69, 9.17) is 4.74 Å². The molecule has 1 rings (SSSR count). The van der Waals surface area contributed by atoms with Crippen LogP contribution in [-0.2, 0) is 11.2 Å². The lowest BCUT2D eigenvalue weighted by molar-refractivity contribution is 0.123. The predicted molar refractivity (Wildman–Crippen MR) is 80.4 cm³/mol. The molecule has 0 radical (unpaired) electrons. The van der Waals surface area contributed by atoms with Crippen LogP contribution in [0.4, 0.5) is 0 Å². The lowest BCUT2D eigenvalue weighted by atomic mass is 10.1. The van der Waals surface area contributed by atoms with Crippen molar-refractivity contribution in [1.82, 2.24) is 5.32 Å². The zero-order valence-electron chi connectivity index (χ0n) is 11.8. The standard InChI is InChI=1S/C15H27NOS/c1-3-10-16-14(9-12-17-11-4-2)7-8-15-6-5-13-18-15/h5-6,13-14,16H,3-4,7-12H2,1-2H3. The predicted octanol–water partition coefficient (Wildman–Crippen LogP) is 3.87. The molecule has 18 heavy (non-hydrogen) atoms. The van der Waals surface area contributed by atoms with Crippen LogP contribution >= 0.6 is 11.3 Å². The van der Waals surface area contributed by atoms with E-state index in [0.29, 0.717) is 6.04 Å². The zero-order chi connectivity index (χ0) is 13.1. The first-order chi connectivity index (χ1) is 8.86. The number of hydrogen-bond donors (Lipinski definition) is 1. The fourth-order valence-corrected chi connectivity index (χ4v) is 2.67. The SMILES string of the molecule is CCCNC(CCOCCC)CCc1cccs1. The minimum Gasteiger partial charge on any atom is -0.381 e. The minimum atomic E-state index is 0.601. The molecule has 2 nitrogen and oxygen atoms in total. The summed E-state index contributed by atoms with van der Waals surface area (Å²) < 4.78 is 5.59. The molecule has 0 saturated carbocycles. The van der Waals surface area contributed by atoms with Crippen molar-refractivity contribution in [2.24, 2.45) is 0 Å². The maximum Gasteiger partial charge on any atom is 0.0480 e. The van der Waals surface area contributed by atoms with E-state index in [0.717, 1.165) is 32.6 Å². The highest BCUT2D eigenvalue weighted by Crippen LogP contribution is 2.13. The molecule has 0 bridgehead atoms. The molecule has 1 unspecified atom stereocenters. The Hall–Kier alpha value is -0.380. The van der Waals surface area contributed by atoms with Gasteiger partial charge in [-0.3, -0.25) is 0 Å². The van der Waals surface area contributed by atoms with Gasteiger partial charge in [0.2, 0.25) is 0 Å². The summed E-state index contributed by atoms with van der Waals surface area (Å²) in [6, 6.07) is 4.97. The van der Waals surface area contributed by atoms with Gasteiger partial charge >= 0.3 is 0 Å². The average Bonchev–Trinajstić information content (AvgIpc) is 2.90. The average molecular weight is 269 g/mol. The van der Waals surface area contributed by atoms with Crippen LogP contribution in [0.3, 0.4) is 0 Å². The number of nitrogens with one attached hydrogen (secondary N) is 1. The molecule has 3 heteroatoms. The molecule has 1 atom stereocenters. The van der Waals surface area contributed by atoms with E-state index >= 15 is 0 Å². The van der Waals surface area contributed by atoms with E-state index in [-0.39, 0.29) is 0 Å². The molecular formula is C15H27NOS. The first-order valence-electron chi connectivity index (χ1n) is 7.20. The summed E-state index contributed by atoms with van der Waals surface area (Å²) in [5, 5.41) is 5.79. The van der Waals surface area contributed by atoms with E-state index in [1.54, 1.807) is 0 Å². The fraction of sp³-hybridized carbons (Fsp3) is 0.733. The summed E-state index contributed by atoms with van der Waals surface area (Å²) in [6.07, 6.45) is 5.85. The Labute approximate surface area is 116 Å². The third-order valence-electron chi connectivity index (χ3n) is 2.96. The molecule has 1 aromatic rings. The van der Waals surface area contributed by atoms with E-state index in [9.17, 15) is 0 Å². The topological polar surface area (TPSA) is 21.3 Å². The van der Waals surface area contributed by atoms with Gasteiger partial charge in [0.1, 0.15) is 0 Å². The van der Waals surface area contributed by atoms with Gasteiger partial charge in [0, 0.05) is 24.1 Å². The van der Waals surface area contributed by atoms with Gasteiger partial charge in [0.15, 0.2) is 0 Å². The molecule has 0 aliphatic carbocycles. The Balaban J connectivity index is 2.21. The summed E-state index contributed by atoms with van der Waals surface area (Å²) in [6.45, 7) is 7.27. The van der Waals surface area contributed by atoms with Crippen LogP contribution in [0.1, 0.15) is 44.4 Å². The van der Waals surface area contributed by atoms with Crippen molar-refractivity contribution >= 4 is 11.3 Å². The van der Waals surface area contributed by atoms with Crippen LogP contribution in [0.5, 0.6) is 0 Å². The molecule has 0 aliphatic rings. The first kappa shape index (κ1) is 15.7. The number of rotatable bonds is 11. The smallest absolute Gasteiger partial charge is 0.0480 e. The van der Waals surface area contributed by atoms with Gasteiger partial charge in [-0.2, -0.15) is 0 Å². The second-order valence-corrected chi connectivity index (χ2v) is 5.70. The second-order valence-electron chi connectivity index (χ2n) is 4.67. The summed E-state index contributed by atoms with van der Waals surface area (Å²) in [4.78, 5) is 1.49. The van der Waals surface area contributed by atoms with Crippen molar-refractivity contribution < 1.29 is 4.74 Å². The third-order valence-corrected chi connectivity index (χ3v) is 3.90. The molecule has 1 N–H and O–H groups in total. The monoisotopic (exact) mass is 269 g/mol. The van der Waals surface area contributed by atoms with Gasteiger partial charge in [-0.25, -0.2) is 0 Å². The Kier molecular flexibility index (Phi) is 9.17.